The minimum absolute atomic E-state index is 0. The second-order valence-electron chi connectivity index (χ2n) is 6.59. The molecule has 3 N–H and O–H groups in total. The topological polar surface area (TPSA) is 89.2 Å². The molecule has 2 rings (SSSR count). The van der Waals surface area contributed by atoms with Gasteiger partial charge in [-0.25, -0.2) is 4.99 Å². The van der Waals surface area contributed by atoms with Gasteiger partial charge in [-0.15, -0.1) is 24.0 Å². The van der Waals surface area contributed by atoms with Crippen LogP contribution >= 0.6 is 39.9 Å². The predicted octanol–water partition coefficient (Wildman–Crippen LogP) is 3.14. The number of aliphatic imine (C=N–C) groups is 1. The van der Waals surface area contributed by atoms with Gasteiger partial charge in [0.2, 0.25) is 5.91 Å². The van der Waals surface area contributed by atoms with E-state index in [-0.39, 0.29) is 35.8 Å². The first kappa shape index (κ1) is 24.8. The molecule has 0 radical (unpaired) electrons. The van der Waals surface area contributed by atoms with Crippen LogP contribution in [0.15, 0.2) is 21.6 Å². The summed E-state index contributed by atoms with van der Waals surface area (Å²) in [6.07, 6.45) is 2.49. The second kappa shape index (κ2) is 12.4. The summed E-state index contributed by atoms with van der Waals surface area (Å²) in [5, 5.41) is 3.36. The zero-order valence-corrected chi connectivity index (χ0v) is 20.6. The number of guanidine groups is 1. The highest BCUT2D eigenvalue weighted by molar-refractivity contribution is 14.0. The normalized spacial score (nSPS) is 16.9. The Morgan fingerprint density at radius 2 is 2.04 bits per heavy atom. The molecule has 28 heavy (non-hydrogen) atoms. The summed E-state index contributed by atoms with van der Waals surface area (Å²) in [6.45, 7) is 5.05. The van der Waals surface area contributed by atoms with Gasteiger partial charge >= 0.3 is 0 Å². The van der Waals surface area contributed by atoms with E-state index in [2.05, 4.69) is 26.1 Å². The molecular weight excluding hydrogens is 539 g/mol. The van der Waals surface area contributed by atoms with Gasteiger partial charge in [0.1, 0.15) is 0 Å². The van der Waals surface area contributed by atoms with Crippen molar-refractivity contribution in [1.29, 1.82) is 0 Å². The molecule has 1 fully saturated rings. The molecule has 1 amide bonds. The summed E-state index contributed by atoms with van der Waals surface area (Å²) in [4.78, 5) is 18.3. The maximum Gasteiger partial charge on any atom is 0.217 e. The third-order valence-electron chi connectivity index (χ3n) is 4.60. The van der Waals surface area contributed by atoms with Crippen molar-refractivity contribution in [3.63, 3.8) is 0 Å². The smallest absolute Gasteiger partial charge is 0.217 e. The molecule has 1 aromatic rings. The number of hydrogen-bond acceptors (Lipinski definition) is 4. The molecular formula is C19H30BrIN4O3. The number of carbonyl (C=O) groups excluding carboxylic acids is 1. The third-order valence-corrected chi connectivity index (χ3v) is 5.33. The monoisotopic (exact) mass is 568 g/mol. The van der Waals surface area contributed by atoms with Gasteiger partial charge < -0.3 is 25.4 Å². The molecule has 1 heterocycles. The van der Waals surface area contributed by atoms with Crippen molar-refractivity contribution in [2.45, 2.75) is 32.7 Å². The standard InChI is InChI=1S/C19H29BrN4O3.HI/c1-4-22-19(24-7-5-6-13(12-24)8-18(21)25)23-11-14-9-16(26-2)17(27-3)10-15(14)20;/h9-10,13H,4-8,11-12H2,1-3H3,(H2,21,25)(H,22,23);1H. The number of methoxy groups -OCH3 is 2. The number of rotatable bonds is 7. The number of halogens is 2. The van der Waals surface area contributed by atoms with Gasteiger partial charge in [-0.05, 0) is 43.4 Å². The van der Waals surface area contributed by atoms with Crippen molar-refractivity contribution in [3.05, 3.63) is 22.2 Å². The van der Waals surface area contributed by atoms with E-state index in [9.17, 15) is 4.79 Å². The van der Waals surface area contributed by atoms with Gasteiger partial charge in [0.05, 0.1) is 20.8 Å². The van der Waals surface area contributed by atoms with Gasteiger partial charge in [0, 0.05) is 30.5 Å². The van der Waals surface area contributed by atoms with Crippen LogP contribution in [0.5, 0.6) is 11.5 Å². The molecule has 7 nitrogen and oxygen atoms in total. The number of hydrogen-bond donors (Lipinski definition) is 2. The summed E-state index contributed by atoms with van der Waals surface area (Å²) in [6, 6.07) is 3.82. The number of piperidine rings is 1. The van der Waals surface area contributed by atoms with Gasteiger partial charge in [-0.2, -0.15) is 0 Å². The fourth-order valence-corrected chi connectivity index (χ4v) is 3.76. The molecule has 0 aliphatic carbocycles. The number of ether oxygens (including phenoxy) is 2. The van der Waals surface area contributed by atoms with E-state index < -0.39 is 0 Å². The lowest BCUT2D eigenvalue weighted by Crippen LogP contribution is -2.47. The average molecular weight is 569 g/mol. The first-order valence-corrected chi connectivity index (χ1v) is 9.99. The minimum atomic E-state index is -0.238. The SMILES string of the molecule is CCNC(=NCc1cc(OC)c(OC)cc1Br)N1CCCC(CC(N)=O)C1.I. The van der Waals surface area contributed by atoms with Crippen LogP contribution in [0.3, 0.4) is 0 Å². The fourth-order valence-electron chi connectivity index (χ4n) is 3.31. The molecule has 1 aromatic carbocycles. The quantitative estimate of drug-likeness (QED) is 0.300. The molecule has 1 aliphatic rings. The lowest BCUT2D eigenvalue weighted by atomic mass is 9.95. The molecule has 0 saturated carbocycles. The Kier molecular flexibility index (Phi) is 10.9. The molecule has 0 spiro atoms. The molecule has 1 atom stereocenters. The third kappa shape index (κ3) is 6.98. The molecule has 1 saturated heterocycles. The van der Waals surface area contributed by atoms with Crippen LogP contribution in [0.1, 0.15) is 31.7 Å². The Hall–Kier alpha value is -1.23. The van der Waals surface area contributed by atoms with E-state index in [0.29, 0.717) is 24.5 Å². The largest absolute Gasteiger partial charge is 0.493 e. The molecule has 1 aliphatic heterocycles. The van der Waals surface area contributed by atoms with E-state index in [1.807, 2.05) is 19.1 Å². The Morgan fingerprint density at radius 3 is 2.64 bits per heavy atom. The Labute approximate surface area is 192 Å². The van der Waals surface area contributed by atoms with E-state index in [1.54, 1.807) is 14.2 Å². The number of nitrogens with one attached hydrogen (secondary N) is 1. The summed E-state index contributed by atoms with van der Waals surface area (Å²) < 4.78 is 11.6. The number of carbonyl (C=O) groups is 1. The molecule has 1 unspecified atom stereocenters. The summed E-state index contributed by atoms with van der Waals surface area (Å²) in [5.41, 5.74) is 6.38. The Morgan fingerprint density at radius 1 is 1.36 bits per heavy atom. The number of likely N-dealkylation sites (tertiary alicyclic amines) is 1. The fraction of sp³-hybridized carbons (Fsp3) is 0.579. The maximum atomic E-state index is 11.3. The average Bonchev–Trinajstić information content (AvgIpc) is 2.65. The van der Waals surface area contributed by atoms with Gasteiger partial charge in [-0.3, -0.25) is 4.79 Å². The molecule has 158 valence electrons. The van der Waals surface area contributed by atoms with Crippen LogP contribution in [-0.2, 0) is 11.3 Å². The maximum absolute atomic E-state index is 11.3. The van der Waals surface area contributed by atoms with Crippen LogP contribution in [0.25, 0.3) is 0 Å². The van der Waals surface area contributed by atoms with Crippen molar-refractivity contribution in [2.24, 2.45) is 16.6 Å². The first-order valence-electron chi connectivity index (χ1n) is 9.20. The van der Waals surface area contributed by atoms with E-state index in [0.717, 1.165) is 48.5 Å². The van der Waals surface area contributed by atoms with Crippen molar-refractivity contribution >= 4 is 51.8 Å². The van der Waals surface area contributed by atoms with Crippen LogP contribution in [0.4, 0.5) is 0 Å². The number of benzene rings is 1. The zero-order valence-electron chi connectivity index (χ0n) is 16.7. The number of primary amides is 1. The first-order chi connectivity index (χ1) is 13.0. The number of nitrogens with two attached hydrogens (primary N) is 1. The molecule has 0 aromatic heterocycles. The van der Waals surface area contributed by atoms with Gasteiger partial charge in [0.25, 0.3) is 0 Å². The van der Waals surface area contributed by atoms with Crippen molar-refractivity contribution in [2.75, 3.05) is 33.9 Å². The van der Waals surface area contributed by atoms with Gasteiger partial charge in [-0.1, -0.05) is 15.9 Å². The number of nitrogens with zero attached hydrogens (tertiary/aromatic N) is 2. The second-order valence-corrected chi connectivity index (χ2v) is 7.45. The Bertz CT molecular complexity index is 687. The Balaban J connectivity index is 0.00000392. The highest BCUT2D eigenvalue weighted by Gasteiger charge is 2.23. The summed E-state index contributed by atoms with van der Waals surface area (Å²) >= 11 is 3.58. The number of amides is 1. The van der Waals surface area contributed by atoms with E-state index >= 15 is 0 Å². The van der Waals surface area contributed by atoms with Crippen molar-refractivity contribution in [1.82, 2.24) is 10.2 Å². The minimum Gasteiger partial charge on any atom is -0.493 e. The van der Waals surface area contributed by atoms with Crippen molar-refractivity contribution < 1.29 is 14.3 Å². The summed E-state index contributed by atoms with van der Waals surface area (Å²) in [7, 11) is 3.24. The van der Waals surface area contributed by atoms with Crippen LogP contribution < -0.4 is 20.5 Å². The zero-order chi connectivity index (χ0) is 19.8. The van der Waals surface area contributed by atoms with E-state index in [4.69, 9.17) is 20.2 Å². The van der Waals surface area contributed by atoms with Gasteiger partial charge in [0.15, 0.2) is 17.5 Å². The molecule has 0 bridgehead atoms. The van der Waals surface area contributed by atoms with Crippen molar-refractivity contribution in [3.8, 4) is 11.5 Å². The molecule has 9 heteroatoms. The summed E-state index contributed by atoms with van der Waals surface area (Å²) in [5.74, 6) is 2.25. The van der Waals surface area contributed by atoms with Crippen LogP contribution in [0.2, 0.25) is 0 Å². The van der Waals surface area contributed by atoms with Crippen LogP contribution in [0, 0.1) is 5.92 Å². The highest BCUT2D eigenvalue weighted by Crippen LogP contribution is 2.33. The lowest BCUT2D eigenvalue weighted by Gasteiger charge is -2.34. The lowest BCUT2D eigenvalue weighted by molar-refractivity contribution is -0.119. The highest BCUT2D eigenvalue weighted by atomic mass is 127. The predicted molar refractivity (Wildman–Crippen MR) is 126 cm³/mol. The van der Waals surface area contributed by atoms with Crippen LogP contribution in [-0.4, -0.2) is 50.6 Å². The van der Waals surface area contributed by atoms with E-state index in [1.165, 1.54) is 0 Å².